The summed E-state index contributed by atoms with van der Waals surface area (Å²) in [5, 5.41) is 8.38. The molecule has 1 atom stereocenters. The summed E-state index contributed by atoms with van der Waals surface area (Å²) in [6.07, 6.45) is 2.11. The fraction of sp³-hybridized carbons (Fsp3) is 1.00. The van der Waals surface area contributed by atoms with E-state index in [0.29, 0.717) is 13.3 Å². The molecule has 0 aromatic carbocycles. The molecule has 0 rings (SSSR count). The lowest BCUT2D eigenvalue weighted by Crippen LogP contribution is -1.78. The van der Waals surface area contributed by atoms with Gasteiger partial charge in [0.15, 0.2) is 0 Å². The van der Waals surface area contributed by atoms with Gasteiger partial charge < -0.3 is 5.11 Å². The summed E-state index contributed by atoms with van der Waals surface area (Å²) < 4.78 is 13.4. The van der Waals surface area contributed by atoms with Crippen LogP contribution in [0.5, 0.6) is 0 Å². The standard InChI is InChI=1S/C5H12O/c1-2-3-4-5-6/h6H,2-5H2,1H3/i1D,5D. The molecule has 0 radical (unpaired) electrons. The van der Waals surface area contributed by atoms with E-state index in [1.54, 1.807) is 0 Å². The average Bonchev–Trinajstić information content (AvgIpc) is 1.66. The van der Waals surface area contributed by atoms with Crippen molar-refractivity contribution < 1.29 is 7.85 Å². The first kappa shape index (κ1) is 3.03. The zero-order valence-electron chi connectivity index (χ0n) is 5.85. The third kappa shape index (κ3) is 3.96. The van der Waals surface area contributed by atoms with E-state index in [2.05, 4.69) is 0 Å². The van der Waals surface area contributed by atoms with Crippen LogP contribution < -0.4 is 0 Å². The van der Waals surface area contributed by atoms with Gasteiger partial charge in [0.1, 0.15) is 0 Å². The summed E-state index contributed by atoms with van der Waals surface area (Å²) in [4.78, 5) is 0. The average molecular weight is 90.2 g/mol. The molecule has 0 amide bonds. The van der Waals surface area contributed by atoms with E-state index in [-0.39, 0.29) is 0 Å². The summed E-state index contributed by atoms with van der Waals surface area (Å²) in [5.74, 6) is 0. The van der Waals surface area contributed by atoms with Crippen molar-refractivity contribution in [3.8, 4) is 0 Å². The van der Waals surface area contributed by atoms with Gasteiger partial charge in [-0.2, -0.15) is 0 Å². The molecule has 1 nitrogen and oxygen atoms in total. The summed E-state index contributed by atoms with van der Waals surface area (Å²) in [7, 11) is 0. The normalized spacial score (nSPS) is 18.8. The molecule has 38 valence electrons. The number of hydrogen-bond donors (Lipinski definition) is 1. The molecule has 0 saturated carbocycles. The second kappa shape index (κ2) is 4.96. The molecule has 0 spiro atoms. The first-order valence-corrected chi connectivity index (χ1v) is 2.17. The van der Waals surface area contributed by atoms with E-state index in [0.717, 1.165) is 12.8 Å². The highest BCUT2D eigenvalue weighted by molar-refractivity contribution is 4.30. The number of rotatable bonds is 3. The molecule has 1 heteroatoms. The Morgan fingerprint density at radius 1 is 1.83 bits per heavy atom. The smallest absolute Gasteiger partial charge is 0.0564 e. The molecular weight excluding hydrogens is 76.1 g/mol. The van der Waals surface area contributed by atoms with Crippen LogP contribution in [0.1, 0.15) is 28.9 Å². The fourth-order valence-corrected chi connectivity index (χ4v) is 0.236. The van der Waals surface area contributed by atoms with Gasteiger partial charge in [-0.25, -0.2) is 0 Å². The monoisotopic (exact) mass is 90.1 g/mol. The maximum Gasteiger partial charge on any atom is 0.0564 e. The molecule has 0 aliphatic heterocycles. The number of unbranched alkanes of at least 4 members (excludes halogenated alkanes) is 1. The number of hydrogen-bond acceptors (Lipinski definition) is 1. The molecule has 0 fully saturated rings. The molecule has 1 unspecified atom stereocenters. The van der Waals surface area contributed by atoms with E-state index in [9.17, 15) is 0 Å². The minimum atomic E-state index is -0.929. The van der Waals surface area contributed by atoms with Gasteiger partial charge in [0.2, 0.25) is 0 Å². The van der Waals surface area contributed by atoms with Crippen LogP contribution in [0.4, 0.5) is 0 Å². The quantitative estimate of drug-likeness (QED) is 0.516. The van der Waals surface area contributed by atoms with Gasteiger partial charge in [-0.1, -0.05) is 19.7 Å². The Labute approximate surface area is 41.8 Å². The number of aliphatic hydroxyl groups excluding tert-OH is 1. The lowest BCUT2D eigenvalue weighted by molar-refractivity contribution is 0.284. The van der Waals surface area contributed by atoms with Crippen LogP contribution in [0.2, 0.25) is 0 Å². The lowest BCUT2D eigenvalue weighted by atomic mass is 10.3. The maximum atomic E-state index is 8.38. The minimum Gasteiger partial charge on any atom is -0.396 e. The molecule has 0 aromatic heterocycles. The van der Waals surface area contributed by atoms with Crippen LogP contribution in [0, 0.1) is 0 Å². The van der Waals surface area contributed by atoms with E-state index < -0.39 is 6.58 Å². The summed E-state index contributed by atoms with van der Waals surface area (Å²) in [5.41, 5.74) is 0. The Bertz CT molecular complexity index is 47.7. The van der Waals surface area contributed by atoms with Gasteiger partial charge in [-0.05, 0) is 6.42 Å². The third-order valence-electron chi connectivity index (χ3n) is 0.583. The van der Waals surface area contributed by atoms with Crippen molar-refractivity contribution in [2.24, 2.45) is 0 Å². The van der Waals surface area contributed by atoms with E-state index in [1.807, 2.05) is 0 Å². The Morgan fingerprint density at radius 3 is 3.17 bits per heavy atom. The number of aliphatic hydroxyl groups is 1. The molecule has 0 aromatic rings. The van der Waals surface area contributed by atoms with Crippen molar-refractivity contribution in [1.82, 2.24) is 0 Å². The van der Waals surface area contributed by atoms with Gasteiger partial charge in [0, 0.05) is 7.95 Å². The van der Waals surface area contributed by atoms with E-state index in [4.69, 9.17) is 7.85 Å². The van der Waals surface area contributed by atoms with Crippen LogP contribution in [0.3, 0.4) is 0 Å². The highest BCUT2D eigenvalue weighted by atomic mass is 16.2. The lowest BCUT2D eigenvalue weighted by Gasteiger charge is -1.85. The first-order valence-electron chi connectivity index (χ1n) is 3.45. The van der Waals surface area contributed by atoms with Crippen LogP contribution in [0.25, 0.3) is 0 Å². The van der Waals surface area contributed by atoms with Crippen molar-refractivity contribution in [2.45, 2.75) is 26.2 Å². The molecule has 0 aliphatic carbocycles. The van der Waals surface area contributed by atoms with Gasteiger partial charge in [0.05, 0.1) is 1.37 Å². The molecule has 0 aliphatic rings. The highest BCUT2D eigenvalue weighted by Gasteiger charge is 1.76. The molecule has 1 N–H and O–H groups in total. The van der Waals surface area contributed by atoms with Crippen molar-refractivity contribution in [3.63, 3.8) is 0 Å². The zero-order chi connectivity index (χ0) is 6.41. The van der Waals surface area contributed by atoms with Gasteiger partial charge in [0.25, 0.3) is 0 Å². The minimum absolute atomic E-state index is 0.409. The Hall–Kier alpha value is -0.0400. The van der Waals surface area contributed by atoms with Crippen molar-refractivity contribution in [3.05, 3.63) is 0 Å². The molecule has 0 heterocycles. The largest absolute Gasteiger partial charge is 0.396 e. The predicted molar refractivity (Wildman–Crippen MR) is 26.6 cm³/mol. The Balaban J connectivity index is 2.72. The SMILES string of the molecule is [2H]CCCCC([2H])O. The van der Waals surface area contributed by atoms with Crippen molar-refractivity contribution in [1.29, 1.82) is 0 Å². The van der Waals surface area contributed by atoms with Crippen molar-refractivity contribution in [2.75, 3.05) is 6.58 Å². The summed E-state index contributed by atoms with van der Waals surface area (Å²) in [6, 6.07) is 0. The highest BCUT2D eigenvalue weighted by Crippen LogP contribution is 1.89. The first-order chi connectivity index (χ1) is 3.77. The summed E-state index contributed by atoms with van der Waals surface area (Å²) in [6.45, 7) is -0.520. The topological polar surface area (TPSA) is 20.2 Å². The fourth-order valence-electron chi connectivity index (χ4n) is 0.236. The maximum absolute atomic E-state index is 8.38. The predicted octanol–water partition coefficient (Wildman–Crippen LogP) is 1.17. The molecule has 6 heavy (non-hydrogen) atoms. The van der Waals surface area contributed by atoms with Crippen LogP contribution in [-0.2, 0) is 0 Å². The molecule has 0 saturated heterocycles. The Kier molecular flexibility index (Phi) is 2.50. The van der Waals surface area contributed by atoms with Crippen LogP contribution in [-0.4, -0.2) is 11.7 Å². The second-order valence-electron chi connectivity index (χ2n) is 1.18. The van der Waals surface area contributed by atoms with Crippen molar-refractivity contribution >= 4 is 0 Å². The van der Waals surface area contributed by atoms with Gasteiger partial charge in [-0.15, -0.1) is 0 Å². The zero-order valence-corrected chi connectivity index (χ0v) is 3.85. The third-order valence-corrected chi connectivity index (χ3v) is 0.583. The van der Waals surface area contributed by atoms with E-state index in [1.165, 1.54) is 0 Å². The van der Waals surface area contributed by atoms with Gasteiger partial charge >= 0.3 is 0 Å². The van der Waals surface area contributed by atoms with Crippen LogP contribution >= 0.6 is 0 Å². The van der Waals surface area contributed by atoms with Gasteiger partial charge in [-0.3, -0.25) is 0 Å². The van der Waals surface area contributed by atoms with Crippen LogP contribution in [0.15, 0.2) is 0 Å². The van der Waals surface area contributed by atoms with E-state index >= 15 is 0 Å². The Morgan fingerprint density at radius 2 is 2.67 bits per heavy atom. The molecule has 0 bridgehead atoms. The summed E-state index contributed by atoms with van der Waals surface area (Å²) >= 11 is 0. The second-order valence-corrected chi connectivity index (χ2v) is 1.18. The molecular formula is C5H12O.